The molecule has 1 aromatic carbocycles. The average Bonchev–Trinajstić information content (AvgIpc) is 3.40. The van der Waals surface area contributed by atoms with Crippen LogP contribution in [0.15, 0.2) is 49.1 Å². The van der Waals surface area contributed by atoms with E-state index in [1.54, 1.807) is 24.7 Å². The lowest BCUT2D eigenvalue weighted by molar-refractivity contribution is 0.202. The number of benzene rings is 1. The first-order chi connectivity index (χ1) is 16.2. The van der Waals surface area contributed by atoms with E-state index < -0.39 is 0 Å². The maximum atomic E-state index is 14.7. The zero-order chi connectivity index (χ0) is 22.6. The number of aliphatic hydroxyl groups excluding tert-OH is 1. The van der Waals surface area contributed by atoms with Crippen LogP contribution in [0, 0.1) is 11.7 Å². The summed E-state index contributed by atoms with van der Waals surface area (Å²) in [4.78, 5) is 16.2. The number of hydrogen-bond donors (Lipinski definition) is 2. The third-order valence-corrected chi connectivity index (χ3v) is 6.85. The Morgan fingerprint density at radius 2 is 1.62 bits per heavy atom. The first kappa shape index (κ1) is 24.4. The number of nitrogens with one attached hydrogen (secondary N) is 1. The highest BCUT2D eigenvalue weighted by atomic mass is 35.5. The molecule has 2 saturated heterocycles. The number of aromatic amines is 1. The normalized spacial score (nSPS) is 18.5. The van der Waals surface area contributed by atoms with Crippen LogP contribution in [0.5, 0.6) is 0 Å². The Morgan fingerprint density at radius 3 is 2.21 bits per heavy atom. The van der Waals surface area contributed by atoms with Crippen molar-refractivity contribution in [1.82, 2.24) is 25.1 Å². The van der Waals surface area contributed by atoms with Crippen molar-refractivity contribution in [2.24, 2.45) is 5.92 Å². The monoisotopic (exact) mass is 487 g/mol. The van der Waals surface area contributed by atoms with Crippen LogP contribution in [0.4, 0.5) is 16.0 Å². The molecule has 5 rings (SSSR count). The summed E-state index contributed by atoms with van der Waals surface area (Å²) < 4.78 is 14.7. The van der Waals surface area contributed by atoms with Gasteiger partial charge in [-0.2, -0.15) is 5.10 Å². The summed E-state index contributed by atoms with van der Waals surface area (Å²) in [7, 11) is 0. The number of hydrogen-bond acceptors (Lipinski definition) is 7. The van der Waals surface area contributed by atoms with Crippen LogP contribution in [0.2, 0.25) is 0 Å². The third kappa shape index (κ3) is 5.01. The second-order valence-electron chi connectivity index (χ2n) is 8.80. The van der Waals surface area contributed by atoms with Gasteiger partial charge in [0.05, 0.1) is 12.2 Å². The lowest BCUT2D eigenvalue weighted by atomic mass is 9.98. The van der Waals surface area contributed by atoms with E-state index in [2.05, 4.69) is 34.9 Å². The van der Waals surface area contributed by atoms with E-state index in [4.69, 9.17) is 0 Å². The van der Waals surface area contributed by atoms with Gasteiger partial charge in [-0.3, -0.25) is 10.00 Å². The molecule has 2 aliphatic rings. The number of piperidine rings is 1. The van der Waals surface area contributed by atoms with Gasteiger partial charge in [0.2, 0.25) is 0 Å². The van der Waals surface area contributed by atoms with Crippen LogP contribution in [0.3, 0.4) is 0 Å². The molecule has 34 heavy (non-hydrogen) atoms. The molecular formula is C24H31ClFN7O. The van der Waals surface area contributed by atoms with Crippen molar-refractivity contribution in [3.8, 4) is 0 Å². The molecule has 2 N–H and O–H groups in total. The standard InChI is InChI=1S/C24H30FN7O.ClH/c25-21-4-2-1-3-20(21)22(19-15-28-29-16-19)30-11-13-32(14-12-30)24-23(26-7-8-27-24)31-9-5-18(17-33)6-10-31;/h1-4,7-8,15-16,18,22,33H,5-6,9-14,17H2,(H,28,29);1H. The molecule has 0 aliphatic carbocycles. The fourth-order valence-electron chi connectivity index (χ4n) is 4.98. The van der Waals surface area contributed by atoms with Gasteiger partial charge < -0.3 is 14.9 Å². The second kappa shape index (κ2) is 11.1. The molecule has 0 spiro atoms. The van der Waals surface area contributed by atoms with Crippen molar-refractivity contribution < 1.29 is 9.50 Å². The first-order valence-electron chi connectivity index (χ1n) is 11.6. The van der Waals surface area contributed by atoms with E-state index in [0.29, 0.717) is 11.5 Å². The maximum absolute atomic E-state index is 14.7. The van der Waals surface area contributed by atoms with E-state index in [9.17, 15) is 9.50 Å². The number of rotatable bonds is 6. The van der Waals surface area contributed by atoms with Gasteiger partial charge in [0, 0.05) is 75.6 Å². The van der Waals surface area contributed by atoms with E-state index in [0.717, 1.165) is 69.3 Å². The zero-order valence-electron chi connectivity index (χ0n) is 19.1. The molecule has 10 heteroatoms. The van der Waals surface area contributed by atoms with Crippen molar-refractivity contribution in [3.63, 3.8) is 0 Å². The van der Waals surface area contributed by atoms with Gasteiger partial charge in [0.25, 0.3) is 0 Å². The summed E-state index contributed by atoms with van der Waals surface area (Å²) in [5, 5.41) is 16.4. The minimum atomic E-state index is -0.200. The Balaban J connectivity index is 0.00000274. The van der Waals surface area contributed by atoms with Crippen molar-refractivity contribution >= 4 is 24.0 Å². The Labute approximate surface area is 205 Å². The summed E-state index contributed by atoms with van der Waals surface area (Å²) in [5.41, 5.74) is 1.62. The van der Waals surface area contributed by atoms with Gasteiger partial charge in [-0.1, -0.05) is 18.2 Å². The number of halogens is 2. The number of aliphatic hydroxyl groups is 1. The van der Waals surface area contributed by atoms with Gasteiger partial charge in [-0.15, -0.1) is 12.4 Å². The lowest BCUT2D eigenvalue weighted by Crippen LogP contribution is -2.49. The summed E-state index contributed by atoms with van der Waals surface area (Å²) in [5.74, 6) is 2.00. The molecule has 0 amide bonds. The molecule has 1 atom stereocenters. The number of H-pyrrole nitrogens is 1. The lowest BCUT2D eigenvalue weighted by Gasteiger charge is -2.41. The van der Waals surface area contributed by atoms with E-state index in [1.165, 1.54) is 6.07 Å². The van der Waals surface area contributed by atoms with Crippen molar-refractivity contribution in [2.45, 2.75) is 18.9 Å². The molecule has 0 saturated carbocycles. The van der Waals surface area contributed by atoms with Crippen LogP contribution >= 0.6 is 12.4 Å². The van der Waals surface area contributed by atoms with Crippen LogP contribution in [0.25, 0.3) is 0 Å². The third-order valence-electron chi connectivity index (χ3n) is 6.85. The predicted octanol–water partition coefficient (Wildman–Crippen LogP) is 2.88. The summed E-state index contributed by atoms with van der Waals surface area (Å²) in [6, 6.07) is 6.79. The maximum Gasteiger partial charge on any atom is 0.172 e. The number of nitrogens with zero attached hydrogens (tertiary/aromatic N) is 6. The minimum absolute atomic E-state index is 0. The van der Waals surface area contributed by atoms with Gasteiger partial charge in [-0.05, 0) is 24.8 Å². The number of aromatic nitrogens is 4. The van der Waals surface area contributed by atoms with Gasteiger partial charge in [-0.25, -0.2) is 14.4 Å². The fourth-order valence-corrected chi connectivity index (χ4v) is 4.98. The Morgan fingerprint density at radius 1 is 0.971 bits per heavy atom. The van der Waals surface area contributed by atoms with E-state index in [1.807, 2.05) is 18.3 Å². The van der Waals surface area contributed by atoms with Crippen molar-refractivity contribution in [2.75, 3.05) is 55.7 Å². The van der Waals surface area contributed by atoms with Crippen LogP contribution in [-0.2, 0) is 0 Å². The minimum Gasteiger partial charge on any atom is -0.396 e. The van der Waals surface area contributed by atoms with Crippen LogP contribution in [-0.4, -0.2) is 76.0 Å². The highest BCUT2D eigenvalue weighted by molar-refractivity contribution is 5.85. The Kier molecular flexibility index (Phi) is 7.97. The highest BCUT2D eigenvalue weighted by Crippen LogP contribution is 2.33. The molecular weight excluding hydrogens is 457 g/mol. The van der Waals surface area contributed by atoms with Crippen LogP contribution < -0.4 is 9.80 Å². The molecule has 0 bridgehead atoms. The van der Waals surface area contributed by atoms with Crippen molar-refractivity contribution in [3.05, 3.63) is 66.0 Å². The van der Waals surface area contributed by atoms with E-state index in [-0.39, 0.29) is 30.9 Å². The summed E-state index contributed by atoms with van der Waals surface area (Å²) in [6.07, 6.45) is 9.06. The summed E-state index contributed by atoms with van der Waals surface area (Å²) in [6.45, 7) is 5.12. The largest absolute Gasteiger partial charge is 0.396 e. The molecule has 2 aliphatic heterocycles. The Bertz CT molecular complexity index is 1040. The molecule has 2 fully saturated rings. The smallest absolute Gasteiger partial charge is 0.172 e. The van der Waals surface area contributed by atoms with Crippen LogP contribution in [0.1, 0.15) is 30.0 Å². The van der Waals surface area contributed by atoms with E-state index >= 15 is 0 Å². The van der Waals surface area contributed by atoms with Gasteiger partial charge in [0.15, 0.2) is 11.6 Å². The van der Waals surface area contributed by atoms with Gasteiger partial charge >= 0.3 is 0 Å². The highest BCUT2D eigenvalue weighted by Gasteiger charge is 2.31. The first-order valence-corrected chi connectivity index (χ1v) is 11.6. The van der Waals surface area contributed by atoms with Crippen molar-refractivity contribution in [1.29, 1.82) is 0 Å². The summed E-state index contributed by atoms with van der Waals surface area (Å²) >= 11 is 0. The quantitative estimate of drug-likeness (QED) is 0.553. The predicted molar refractivity (Wildman–Crippen MR) is 132 cm³/mol. The number of anilines is 2. The topological polar surface area (TPSA) is 84.4 Å². The molecule has 8 nitrogen and oxygen atoms in total. The average molecular weight is 488 g/mol. The zero-order valence-corrected chi connectivity index (χ0v) is 19.9. The number of piperazine rings is 1. The molecule has 3 aromatic rings. The molecule has 182 valence electrons. The molecule has 2 aromatic heterocycles. The SMILES string of the molecule is Cl.OCC1CCN(c2nccnc2N2CCN(C(c3cn[nH]c3)c3ccccc3F)CC2)CC1. The fraction of sp³-hybridized carbons (Fsp3) is 0.458. The Hall–Kier alpha value is -2.75. The molecule has 4 heterocycles. The van der Waals surface area contributed by atoms with Gasteiger partial charge in [0.1, 0.15) is 5.82 Å². The second-order valence-corrected chi connectivity index (χ2v) is 8.80. The molecule has 1 unspecified atom stereocenters. The molecule has 0 radical (unpaired) electrons.